The quantitative estimate of drug-likeness (QED) is 0.239. The van der Waals surface area contributed by atoms with E-state index in [1.807, 2.05) is 0 Å². The Hall–Kier alpha value is -4.16. The SMILES string of the molecule is C1=Cc2ccc(-c3c4ccccc4c(-c4ccc5ccccc5c4)c4ccccc34)cc2CC1. The van der Waals surface area contributed by atoms with Gasteiger partial charge in [-0.15, -0.1) is 0 Å². The summed E-state index contributed by atoms with van der Waals surface area (Å²) in [6, 6.07) is 40.4. The highest BCUT2D eigenvalue weighted by Crippen LogP contribution is 2.44. The van der Waals surface area contributed by atoms with Crippen LogP contribution in [0.3, 0.4) is 0 Å². The van der Waals surface area contributed by atoms with E-state index < -0.39 is 0 Å². The molecular formula is C34H24. The van der Waals surface area contributed by atoms with E-state index in [1.165, 1.54) is 65.7 Å². The number of allylic oxidation sites excluding steroid dienone is 1. The molecule has 0 nitrogen and oxygen atoms in total. The second kappa shape index (κ2) is 7.71. The van der Waals surface area contributed by atoms with Crippen molar-refractivity contribution in [3.8, 4) is 22.3 Å². The minimum absolute atomic E-state index is 1.12. The topological polar surface area (TPSA) is 0 Å². The van der Waals surface area contributed by atoms with E-state index in [1.54, 1.807) is 0 Å². The zero-order valence-electron chi connectivity index (χ0n) is 19.0. The van der Waals surface area contributed by atoms with Gasteiger partial charge in [0.05, 0.1) is 0 Å². The average Bonchev–Trinajstić information content (AvgIpc) is 2.91. The predicted octanol–water partition coefficient (Wildman–Crippen LogP) is 9.44. The molecule has 0 N–H and O–H groups in total. The van der Waals surface area contributed by atoms with Gasteiger partial charge in [0.25, 0.3) is 0 Å². The Morgan fingerprint density at radius 1 is 0.471 bits per heavy atom. The fraction of sp³-hybridized carbons (Fsp3) is 0.0588. The first-order valence-electron chi connectivity index (χ1n) is 12.1. The van der Waals surface area contributed by atoms with Crippen molar-refractivity contribution < 1.29 is 0 Å². The van der Waals surface area contributed by atoms with Crippen LogP contribution in [-0.4, -0.2) is 0 Å². The molecule has 0 aromatic heterocycles. The predicted molar refractivity (Wildman–Crippen MR) is 147 cm³/mol. The lowest BCUT2D eigenvalue weighted by Crippen LogP contribution is -1.96. The lowest BCUT2D eigenvalue weighted by atomic mass is 9.84. The lowest BCUT2D eigenvalue weighted by Gasteiger charge is -2.19. The van der Waals surface area contributed by atoms with Crippen LogP contribution in [0.25, 0.3) is 60.6 Å². The normalized spacial score (nSPS) is 12.9. The zero-order valence-corrected chi connectivity index (χ0v) is 19.0. The number of rotatable bonds is 2. The smallest absolute Gasteiger partial charge is 0.00262 e. The summed E-state index contributed by atoms with van der Waals surface area (Å²) in [6.45, 7) is 0. The number of benzene rings is 6. The molecule has 0 aliphatic heterocycles. The van der Waals surface area contributed by atoms with Gasteiger partial charge in [0.15, 0.2) is 0 Å². The second-order valence-electron chi connectivity index (χ2n) is 9.26. The standard InChI is InChI=1S/C34H24/c1-3-11-25-21-27(19-17-23(25)9-1)33-29-13-5-7-15-31(29)34(32-16-8-6-14-30(32)33)28-20-18-24-10-2-4-12-26(24)22-28/h1-3,5-11,13-22H,4,12H2. The minimum atomic E-state index is 1.12. The Kier molecular flexibility index (Phi) is 4.38. The molecule has 0 heteroatoms. The summed E-state index contributed by atoms with van der Waals surface area (Å²) in [5, 5.41) is 7.80. The number of fused-ring (bicyclic) bond motifs is 4. The molecule has 0 fully saturated rings. The van der Waals surface area contributed by atoms with Gasteiger partial charge < -0.3 is 0 Å². The fourth-order valence-electron chi connectivity index (χ4n) is 5.68. The van der Waals surface area contributed by atoms with E-state index in [0.717, 1.165) is 12.8 Å². The third-order valence-corrected chi connectivity index (χ3v) is 7.28. The average molecular weight is 433 g/mol. The molecule has 0 heterocycles. The molecule has 0 radical (unpaired) electrons. The Labute approximate surface area is 199 Å². The van der Waals surface area contributed by atoms with Crippen LogP contribution in [0.15, 0.2) is 115 Å². The molecule has 6 aromatic rings. The lowest BCUT2D eigenvalue weighted by molar-refractivity contribution is 0.986. The number of aryl methyl sites for hydroxylation is 1. The third kappa shape index (κ3) is 2.99. The molecule has 1 aliphatic carbocycles. The molecule has 34 heavy (non-hydrogen) atoms. The Balaban J connectivity index is 1.58. The highest BCUT2D eigenvalue weighted by molar-refractivity contribution is 6.21. The van der Waals surface area contributed by atoms with Gasteiger partial charge in [-0.05, 0) is 84.6 Å². The molecule has 0 amide bonds. The molecule has 0 spiro atoms. The van der Waals surface area contributed by atoms with Gasteiger partial charge in [-0.25, -0.2) is 0 Å². The van der Waals surface area contributed by atoms with Crippen molar-refractivity contribution >= 4 is 38.4 Å². The monoisotopic (exact) mass is 432 g/mol. The minimum Gasteiger partial charge on any atom is -0.0836 e. The van der Waals surface area contributed by atoms with Crippen LogP contribution < -0.4 is 0 Å². The van der Waals surface area contributed by atoms with E-state index in [4.69, 9.17) is 0 Å². The van der Waals surface area contributed by atoms with Gasteiger partial charge in [0, 0.05) is 0 Å². The molecule has 0 atom stereocenters. The summed E-state index contributed by atoms with van der Waals surface area (Å²) >= 11 is 0. The van der Waals surface area contributed by atoms with E-state index in [2.05, 4.69) is 121 Å². The van der Waals surface area contributed by atoms with Crippen molar-refractivity contribution in [2.45, 2.75) is 12.8 Å². The Morgan fingerprint density at radius 2 is 1.03 bits per heavy atom. The Bertz CT molecular complexity index is 1690. The van der Waals surface area contributed by atoms with Crippen molar-refractivity contribution in [2.75, 3.05) is 0 Å². The van der Waals surface area contributed by atoms with Crippen LogP contribution in [0.1, 0.15) is 17.5 Å². The van der Waals surface area contributed by atoms with E-state index in [0.29, 0.717) is 0 Å². The zero-order chi connectivity index (χ0) is 22.5. The maximum absolute atomic E-state index is 2.42. The van der Waals surface area contributed by atoms with E-state index >= 15 is 0 Å². The number of hydrogen-bond donors (Lipinski definition) is 0. The molecule has 0 saturated heterocycles. The molecule has 6 aromatic carbocycles. The van der Waals surface area contributed by atoms with Crippen LogP contribution in [0.5, 0.6) is 0 Å². The van der Waals surface area contributed by atoms with Crippen LogP contribution in [-0.2, 0) is 6.42 Å². The highest BCUT2D eigenvalue weighted by atomic mass is 14.2. The Morgan fingerprint density at radius 3 is 1.71 bits per heavy atom. The summed E-state index contributed by atoms with van der Waals surface area (Å²) in [6.07, 6.45) is 6.79. The van der Waals surface area contributed by atoms with Gasteiger partial charge in [-0.1, -0.05) is 115 Å². The highest BCUT2D eigenvalue weighted by Gasteiger charge is 2.17. The second-order valence-corrected chi connectivity index (χ2v) is 9.26. The van der Waals surface area contributed by atoms with Crippen molar-refractivity contribution in [1.82, 2.24) is 0 Å². The van der Waals surface area contributed by atoms with Crippen LogP contribution in [0, 0.1) is 0 Å². The van der Waals surface area contributed by atoms with Crippen molar-refractivity contribution in [3.05, 3.63) is 126 Å². The van der Waals surface area contributed by atoms with Crippen molar-refractivity contribution in [3.63, 3.8) is 0 Å². The first-order chi connectivity index (χ1) is 16.9. The summed E-state index contributed by atoms with van der Waals surface area (Å²) < 4.78 is 0. The van der Waals surface area contributed by atoms with Gasteiger partial charge in [0.1, 0.15) is 0 Å². The van der Waals surface area contributed by atoms with Crippen LogP contribution in [0.2, 0.25) is 0 Å². The molecule has 0 saturated carbocycles. The molecular weight excluding hydrogens is 408 g/mol. The molecule has 0 bridgehead atoms. The first kappa shape index (κ1) is 19.3. The van der Waals surface area contributed by atoms with Crippen LogP contribution >= 0.6 is 0 Å². The summed E-state index contributed by atoms with van der Waals surface area (Å²) in [7, 11) is 0. The van der Waals surface area contributed by atoms with Crippen molar-refractivity contribution in [2.24, 2.45) is 0 Å². The molecule has 0 unspecified atom stereocenters. The molecule has 7 rings (SSSR count). The van der Waals surface area contributed by atoms with Gasteiger partial charge in [-0.3, -0.25) is 0 Å². The summed E-state index contributed by atoms with van der Waals surface area (Å²) in [5.41, 5.74) is 8.05. The van der Waals surface area contributed by atoms with Crippen molar-refractivity contribution in [1.29, 1.82) is 0 Å². The largest absolute Gasteiger partial charge is 0.0836 e. The summed E-state index contributed by atoms with van der Waals surface area (Å²) in [4.78, 5) is 0. The molecule has 160 valence electrons. The maximum Gasteiger partial charge on any atom is -0.00262 e. The van der Waals surface area contributed by atoms with E-state index in [9.17, 15) is 0 Å². The van der Waals surface area contributed by atoms with Gasteiger partial charge in [-0.2, -0.15) is 0 Å². The van der Waals surface area contributed by atoms with Crippen LogP contribution in [0.4, 0.5) is 0 Å². The van der Waals surface area contributed by atoms with Gasteiger partial charge >= 0.3 is 0 Å². The third-order valence-electron chi connectivity index (χ3n) is 7.28. The summed E-state index contributed by atoms with van der Waals surface area (Å²) in [5.74, 6) is 0. The number of hydrogen-bond acceptors (Lipinski definition) is 0. The first-order valence-corrected chi connectivity index (χ1v) is 12.1. The van der Waals surface area contributed by atoms with E-state index in [-0.39, 0.29) is 0 Å². The van der Waals surface area contributed by atoms with Gasteiger partial charge in [0.2, 0.25) is 0 Å². The molecule has 1 aliphatic rings. The maximum atomic E-state index is 2.42. The fourth-order valence-corrected chi connectivity index (χ4v) is 5.68.